The molecule has 0 radical (unpaired) electrons. The molecule has 0 unspecified atom stereocenters. The first-order valence-corrected chi connectivity index (χ1v) is 7.76. The first kappa shape index (κ1) is 16.2. The number of halogens is 1. The van der Waals surface area contributed by atoms with Crippen molar-refractivity contribution in [3.63, 3.8) is 0 Å². The predicted molar refractivity (Wildman–Crippen MR) is 83.2 cm³/mol. The third kappa shape index (κ3) is 3.36. The number of amides is 1. The van der Waals surface area contributed by atoms with Gasteiger partial charge in [-0.1, -0.05) is 11.3 Å². The van der Waals surface area contributed by atoms with E-state index < -0.39 is 4.92 Å². The molecule has 2 fully saturated rings. The Morgan fingerprint density at radius 1 is 1.33 bits per heavy atom. The van der Waals surface area contributed by atoms with Crippen LogP contribution in [0.5, 0.6) is 0 Å². The molecule has 3 heterocycles. The molecule has 0 bridgehead atoms. The zero-order chi connectivity index (χ0) is 14.1. The van der Waals surface area contributed by atoms with Crippen LogP contribution < -0.4 is 5.32 Å². The van der Waals surface area contributed by atoms with E-state index in [0.717, 1.165) is 50.4 Å². The molecule has 0 saturated carbocycles. The lowest BCUT2D eigenvalue weighted by atomic mass is 9.92. The summed E-state index contributed by atoms with van der Waals surface area (Å²) in [5.74, 6) is 1.27. The molecule has 2 atom stereocenters. The number of thiophene rings is 1. The van der Waals surface area contributed by atoms with Crippen molar-refractivity contribution in [3.05, 3.63) is 27.1 Å². The van der Waals surface area contributed by atoms with E-state index in [0.29, 0.717) is 17.4 Å². The number of nitrogens with one attached hydrogen (secondary N) is 1. The maximum Gasteiger partial charge on any atom is 0.324 e. The molecule has 1 aromatic rings. The molecule has 21 heavy (non-hydrogen) atoms. The minimum Gasteiger partial charge on any atom is -0.339 e. The quantitative estimate of drug-likeness (QED) is 0.665. The van der Waals surface area contributed by atoms with Crippen LogP contribution in [0.2, 0.25) is 0 Å². The number of hydrogen-bond acceptors (Lipinski definition) is 5. The van der Waals surface area contributed by atoms with E-state index in [1.54, 1.807) is 5.38 Å². The second-order valence-electron chi connectivity index (χ2n) is 5.48. The SMILES string of the molecule is Cl.O=C(c1csc([N+](=O)[O-])c1)N1CC[C@@H]2CNC[C@@H]2CC1. The fourth-order valence-electron chi connectivity index (χ4n) is 3.14. The first-order chi connectivity index (χ1) is 9.65. The van der Waals surface area contributed by atoms with E-state index in [1.807, 2.05) is 4.90 Å². The van der Waals surface area contributed by atoms with Crippen molar-refractivity contribution in [1.82, 2.24) is 10.2 Å². The summed E-state index contributed by atoms with van der Waals surface area (Å²) in [6.45, 7) is 3.61. The monoisotopic (exact) mass is 331 g/mol. The Bertz CT molecular complexity index is 522. The fraction of sp³-hybridized carbons (Fsp3) is 0.615. The van der Waals surface area contributed by atoms with Crippen molar-refractivity contribution in [2.75, 3.05) is 26.2 Å². The summed E-state index contributed by atoms with van der Waals surface area (Å²) in [5.41, 5.74) is 0.451. The summed E-state index contributed by atoms with van der Waals surface area (Å²) in [6.07, 6.45) is 2.05. The second-order valence-corrected chi connectivity index (χ2v) is 6.37. The summed E-state index contributed by atoms with van der Waals surface area (Å²) < 4.78 is 0. The highest BCUT2D eigenvalue weighted by molar-refractivity contribution is 7.13. The summed E-state index contributed by atoms with van der Waals surface area (Å²) in [6, 6.07) is 1.39. The van der Waals surface area contributed by atoms with Crippen LogP contribution in [0.25, 0.3) is 0 Å². The number of nitro groups is 1. The molecule has 8 heteroatoms. The molecule has 2 aliphatic rings. The van der Waals surface area contributed by atoms with Crippen LogP contribution in [0.1, 0.15) is 23.2 Å². The van der Waals surface area contributed by atoms with Gasteiger partial charge in [0, 0.05) is 24.5 Å². The van der Waals surface area contributed by atoms with E-state index >= 15 is 0 Å². The normalized spacial score (nSPS) is 24.9. The molecule has 1 N–H and O–H groups in total. The van der Waals surface area contributed by atoms with Crippen molar-refractivity contribution in [2.24, 2.45) is 11.8 Å². The van der Waals surface area contributed by atoms with Gasteiger partial charge in [0.2, 0.25) is 0 Å². The summed E-state index contributed by atoms with van der Waals surface area (Å²) in [5, 5.41) is 15.7. The van der Waals surface area contributed by atoms with Crippen LogP contribution >= 0.6 is 23.7 Å². The number of fused-ring (bicyclic) bond motifs is 1. The van der Waals surface area contributed by atoms with Gasteiger partial charge in [-0.05, 0) is 37.8 Å². The zero-order valence-electron chi connectivity index (χ0n) is 11.5. The molecule has 1 aromatic heterocycles. The topological polar surface area (TPSA) is 75.5 Å². The van der Waals surface area contributed by atoms with Crippen LogP contribution in [-0.4, -0.2) is 41.9 Å². The van der Waals surface area contributed by atoms with E-state index in [1.165, 1.54) is 6.07 Å². The maximum atomic E-state index is 12.4. The highest BCUT2D eigenvalue weighted by atomic mass is 35.5. The van der Waals surface area contributed by atoms with E-state index in [-0.39, 0.29) is 23.3 Å². The van der Waals surface area contributed by atoms with Gasteiger partial charge in [0.25, 0.3) is 5.91 Å². The van der Waals surface area contributed by atoms with E-state index in [4.69, 9.17) is 0 Å². The number of rotatable bonds is 2. The van der Waals surface area contributed by atoms with Crippen molar-refractivity contribution < 1.29 is 9.72 Å². The summed E-state index contributed by atoms with van der Waals surface area (Å²) in [4.78, 5) is 24.5. The van der Waals surface area contributed by atoms with Crippen LogP contribution in [0.3, 0.4) is 0 Å². The number of carbonyl (C=O) groups is 1. The van der Waals surface area contributed by atoms with E-state index in [2.05, 4.69) is 5.32 Å². The molecule has 2 saturated heterocycles. The third-order valence-electron chi connectivity index (χ3n) is 4.32. The summed E-state index contributed by atoms with van der Waals surface area (Å²) >= 11 is 1.02. The average Bonchev–Trinajstić information content (AvgIpc) is 3.04. The van der Waals surface area contributed by atoms with Crippen LogP contribution in [0, 0.1) is 22.0 Å². The molecular formula is C13H18ClN3O3S. The second kappa shape index (κ2) is 6.72. The standard InChI is InChI=1S/C13H17N3O3S.ClH/c17-13(11-5-12(16(18)19)20-8-11)15-3-1-9-6-14-7-10(9)2-4-15;/h5,8-10,14H,1-4,6-7H2;1H/t9-,10+;. The maximum absolute atomic E-state index is 12.4. The van der Waals surface area contributed by atoms with Crippen molar-refractivity contribution in [3.8, 4) is 0 Å². The van der Waals surface area contributed by atoms with Crippen LogP contribution in [0.4, 0.5) is 5.00 Å². The minimum absolute atomic E-state index is 0. The van der Waals surface area contributed by atoms with Gasteiger partial charge in [0.1, 0.15) is 0 Å². The Labute approximate surface area is 133 Å². The van der Waals surface area contributed by atoms with Crippen LogP contribution in [0.15, 0.2) is 11.4 Å². The highest BCUT2D eigenvalue weighted by Crippen LogP contribution is 2.29. The third-order valence-corrected chi connectivity index (χ3v) is 5.20. The smallest absolute Gasteiger partial charge is 0.324 e. The lowest BCUT2D eigenvalue weighted by molar-refractivity contribution is -0.380. The van der Waals surface area contributed by atoms with Gasteiger partial charge in [-0.2, -0.15) is 0 Å². The molecule has 0 aliphatic carbocycles. The van der Waals surface area contributed by atoms with Gasteiger partial charge in [-0.3, -0.25) is 14.9 Å². The molecule has 3 rings (SSSR count). The van der Waals surface area contributed by atoms with Gasteiger partial charge in [-0.15, -0.1) is 12.4 Å². The van der Waals surface area contributed by atoms with Gasteiger partial charge >= 0.3 is 5.00 Å². The van der Waals surface area contributed by atoms with Gasteiger partial charge in [0.05, 0.1) is 10.5 Å². The molecular weight excluding hydrogens is 314 g/mol. The van der Waals surface area contributed by atoms with Gasteiger partial charge in [-0.25, -0.2) is 0 Å². The van der Waals surface area contributed by atoms with E-state index in [9.17, 15) is 14.9 Å². The number of likely N-dealkylation sites (tertiary alicyclic amines) is 1. The van der Waals surface area contributed by atoms with Crippen molar-refractivity contribution in [2.45, 2.75) is 12.8 Å². The number of hydrogen-bond donors (Lipinski definition) is 1. The van der Waals surface area contributed by atoms with Crippen molar-refractivity contribution in [1.29, 1.82) is 0 Å². The molecule has 6 nitrogen and oxygen atoms in total. The zero-order valence-corrected chi connectivity index (χ0v) is 13.1. The average molecular weight is 332 g/mol. The first-order valence-electron chi connectivity index (χ1n) is 6.88. The molecule has 0 spiro atoms. The molecule has 2 aliphatic heterocycles. The Kier molecular flexibility index (Phi) is 5.18. The Balaban J connectivity index is 0.00000161. The Morgan fingerprint density at radius 2 is 1.95 bits per heavy atom. The summed E-state index contributed by atoms with van der Waals surface area (Å²) in [7, 11) is 0. The number of carbonyl (C=O) groups excluding carboxylic acids is 1. The predicted octanol–water partition coefficient (Wildman–Crippen LogP) is 2.15. The Morgan fingerprint density at radius 3 is 2.48 bits per heavy atom. The van der Waals surface area contributed by atoms with Crippen molar-refractivity contribution >= 4 is 34.7 Å². The highest BCUT2D eigenvalue weighted by Gasteiger charge is 2.32. The van der Waals surface area contributed by atoms with Gasteiger partial charge in [0.15, 0.2) is 0 Å². The molecule has 1 amide bonds. The van der Waals surface area contributed by atoms with Crippen LogP contribution in [-0.2, 0) is 0 Å². The lowest BCUT2D eigenvalue weighted by Gasteiger charge is -2.20. The molecule has 0 aromatic carbocycles. The number of nitrogens with zero attached hydrogens (tertiary/aromatic N) is 2. The fourth-order valence-corrected chi connectivity index (χ4v) is 3.83. The lowest BCUT2D eigenvalue weighted by Crippen LogP contribution is -2.32. The Hall–Kier alpha value is -1.18. The largest absolute Gasteiger partial charge is 0.339 e. The minimum atomic E-state index is -0.445. The van der Waals surface area contributed by atoms with Gasteiger partial charge < -0.3 is 10.2 Å². The molecule has 116 valence electrons.